The van der Waals surface area contributed by atoms with Gasteiger partial charge >= 0.3 is 0 Å². The van der Waals surface area contributed by atoms with Gasteiger partial charge in [-0.1, -0.05) is 18.2 Å². The fraction of sp³-hybridized carbons (Fsp3) is 0.381. The van der Waals surface area contributed by atoms with E-state index in [9.17, 15) is 4.79 Å². The highest BCUT2D eigenvalue weighted by molar-refractivity contribution is 5.80. The van der Waals surface area contributed by atoms with Crippen LogP contribution in [-0.2, 0) is 17.8 Å². The Kier molecular flexibility index (Phi) is 5.66. The molecule has 0 saturated carbocycles. The summed E-state index contributed by atoms with van der Waals surface area (Å²) >= 11 is 0. The number of rotatable bonds is 7. The van der Waals surface area contributed by atoms with Gasteiger partial charge in [-0.2, -0.15) is 0 Å². The first-order valence-corrected chi connectivity index (χ1v) is 9.01. The van der Waals surface area contributed by atoms with E-state index in [1.807, 2.05) is 56.3 Å². The molecule has 0 radical (unpaired) electrons. The van der Waals surface area contributed by atoms with E-state index in [1.165, 1.54) is 0 Å². The number of fused-ring (bicyclic) bond motifs is 1. The number of ether oxygens (including phenoxy) is 3. The molecule has 0 unspecified atom stereocenters. The average molecular weight is 355 g/mol. The van der Waals surface area contributed by atoms with Crippen molar-refractivity contribution in [2.45, 2.75) is 45.9 Å². The third-order valence-corrected chi connectivity index (χ3v) is 4.26. The Bertz CT molecular complexity index is 760. The van der Waals surface area contributed by atoms with Gasteiger partial charge in [0.15, 0.2) is 6.10 Å². The average Bonchev–Trinajstić information content (AvgIpc) is 2.99. The van der Waals surface area contributed by atoms with Crippen molar-refractivity contribution in [1.29, 1.82) is 0 Å². The molecule has 0 fully saturated rings. The van der Waals surface area contributed by atoms with Crippen molar-refractivity contribution in [3.63, 3.8) is 0 Å². The fourth-order valence-electron chi connectivity index (χ4n) is 2.99. The second kappa shape index (κ2) is 8.13. The number of benzene rings is 2. The molecule has 2 aromatic rings. The van der Waals surface area contributed by atoms with Gasteiger partial charge in [-0.05, 0) is 45.0 Å². The van der Waals surface area contributed by atoms with Crippen LogP contribution in [0.5, 0.6) is 17.2 Å². The fourth-order valence-corrected chi connectivity index (χ4v) is 2.99. The molecule has 1 aliphatic rings. The molecule has 0 aromatic heterocycles. The van der Waals surface area contributed by atoms with Crippen molar-refractivity contribution in [2.75, 3.05) is 6.61 Å². The minimum atomic E-state index is -0.585. The highest BCUT2D eigenvalue weighted by atomic mass is 16.5. The van der Waals surface area contributed by atoms with E-state index in [0.717, 1.165) is 29.0 Å². The molecule has 1 N–H and O–H groups in total. The van der Waals surface area contributed by atoms with Gasteiger partial charge in [0, 0.05) is 24.1 Å². The number of hydrogen-bond acceptors (Lipinski definition) is 4. The summed E-state index contributed by atoms with van der Waals surface area (Å²) in [4.78, 5) is 12.4. The summed E-state index contributed by atoms with van der Waals surface area (Å²) in [5, 5.41) is 2.92. The lowest BCUT2D eigenvalue weighted by molar-refractivity contribution is -0.127. The zero-order valence-corrected chi connectivity index (χ0v) is 15.5. The molecule has 3 rings (SSSR count). The van der Waals surface area contributed by atoms with Gasteiger partial charge in [-0.15, -0.1) is 0 Å². The van der Waals surface area contributed by atoms with Crippen LogP contribution in [0.1, 0.15) is 31.9 Å². The number of carbonyl (C=O) groups is 1. The third-order valence-electron chi connectivity index (χ3n) is 4.26. The summed E-state index contributed by atoms with van der Waals surface area (Å²) < 4.78 is 17.2. The summed E-state index contributed by atoms with van der Waals surface area (Å²) in [5.74, 6) is 2.16. The van der Waals surface area contributed by atoms with Gasteiger partial charge in [-0.3, -0.25) is 4.79 Å². The smallest absolute Gasteiger partial charge is 0.261 e. The van der Waals surface area contributed by atoms with Gasteiger partial charge in [0.1, 0.15) is 23.4 Å². The molecule has 1 aliphatic heterocycles. The normalized spacial score (nSPS) is 16.3. The molecule has 2 aromatic carbocycles. The van der Waals surface area contributed by atoms with Gasteiger partial charge in [0.25, 0.3) is 5.91 Å². The van der Waals surface area contributed by atoms with Crippen LogP contribution in [0, 0.1) is 0 Å². The maximum atomic E-state index is 12.4. The van der Waals surface area contributed by atoms with Crippen LogP contribution in [0.15, 0.2) is 42.5 Å². The molecule has 1 amide bonds. The van der Waals surface area contributed by atoms with Crippen LogP contribution in [-0.4, -0.2) is 24.7 Å². The highest BCUT2D eigenvalue weighted by Gasteiger charge is 2.22. The second-order valence-electron chi connectivity index (χ2n) is 6.42. The summed E-state index contributed by atoms with van der Waals surface area (Å²) in [6.07, 6.45) is 0.464. The second-order valence-corrected chi connectivity index (χ2v) is 6.42. The Labute approximate surface area is 154 Å². The SMILES string of the molecule is CCOc1cc2c(cc1CNC(=O)[C@@H](C)Oc1ccccc1)O[C@@H](C)C2. The maximum absolute atomic E-state index is 12.4. The molecule has 1 heterocycles. The molecule has 26 heavy (non-hydrogen) atoms. The number of para-hydroxylation sites is 1. The molecule has 2 atom stereocenters. The number of hydrogen-bond donors (Lipinski definition) is 1. The van der Waals surface area contributed by atoms with Crippen molar-refractivity contribution < 1.29 is 19.0 Å². The largest absolute Gasteiger partial charge is 0.494 e. The van der Waals surface area contributed by atoms with Gasteiger partial charge < -0.3 is 19.5 Å². The van der Waals surface area contributed by atoms with Crippen molar-refractivity contribution in [3.8, 4) is 17.2 Å². The number of carbonyl (C=O) groups excluding carboxylic acids is 1. The molecule has 138 valence electrons. The van der Waals surface area contributed by atoms with Crippen molar-refractivity contribution in [2.24, 2.45) is 0 Å². The number of nitrogens with one attached hydrogen (secondary N) is 1. The summed E-state index contributed by atoms with van der Waals surface area (Å²) in [6.45, 7) is 6.67. The number of amides is 1. The molecular weight excluding hydrogens is 330 g/mol. The summed E-state index contributed by atoms with van der Waals surface area (Å²) in [7, 11) is 0. The first-order chi connectivity index (χ1) is 12.6. The van der Waals surface area contributed by atoms with Gasteiger partial charge in [-0.25, -0.2) is 0 Å². The topological polar surface area (TPSA) is 56.8 Å². The van der Waals surface area contributed by atoms with Crippen LogP contribution in [0.3, 0.4) is 0 Å². The molecule has 0 aliphatic carbocycles. The molecule has 5 nitrogen and oxygen atoms in total. The predicted molar refractivity (Wildman–Crippen MR) is 99.8 cm³/mol. The van der Waals surface area contributed by atoms with Crippen molar-refractivity contribution in [1.82, 2.24) is 5.32 Å². The lowest BCUT2D eigenvalue weighted by Crippen LogP contribution is -2.36. The lowest BCUT2D eigenvalue weighted by Gasteiger charge is -2.16. The molecular formula is C21H25NO4. The predicted octanol–water partition coefficient (Wildman–Crippen LogP) is 3.49. The first-order valence-electron chi connectivity index (χ1n) is 9.01. The Hall–Kier alpha value is -2.69. The minimum Gasteiger partial charge on any atom is -0.494 e. The van der Waals surface area contributed by atoms with Crippen molar-refractivity contribution in [3.05, 3.63) is 53.6 Å². The Morgan fingerprint density at radius 3 is 2.81 bits per heavy atom. The first kappa shape index (κ1) is 18.1. The molecule has 0 bridgehead atoms. The Balaban J connectivity index is 1.65. The lowest BCUT2D eigenvalue weighted by atomic mass is 10.1. The summed E-state index contributed by atoms with van der Waals surface area (Å²) in [6, 6.07) is 13.3. The van der Waals surface area contributed by atoms with Crippen LogP contribution in [0.2, 0.25) is 0 Å². The van der Waals surface area contributed by atoms with Crippen LogP contribution >= 0.6 is 0 Å². The van der Waals surface area contributed by atoms with Crippen LogP contribution < -0.4 is 19.5 Å². The van der Waals surface area contributed by atoms with E-state index in [2.05, 4.69) is 5.32 Å². The zero-order valence-electron chi connectivity index (χ0n) is 15.5. The Morgan fingerprint density at radius 1 is 1.31 bits per heavy atom. The standard InChI is InChI=1S/C21H25NO4/c1-4-24-19-11-16-10-14(2)25-20(16)12-17(19)13-22-21(23)15(3)26-18-8-6-5-7-9-18/h5-9,11-12,14-15H,4,10,13H2,1-3H3,(H,22,23)/t14-,15+/m0/s1. The van der Waals surface area contributed by atoms with Crippen LogP contribution in [0.4, 0.5) is 0 Å². The van der Waals surface area contributed by atoms with Crippen LogP contribution in [0.25, 0.3) is 0 Å². The minimum absolute atomic E-state index is 0.170. The molecule has 0 saturated heterocycles. The summed E-state index contributed by atoms with van der Waals surface area (Å²) in [5.41, 5.74) is 2.05. The van der Waals surface area contributed by atoms with E-state index < -0.39 is 6.10 Å². The maximum Gasteiger partial charge on any atom is 0.261 e. The molecule has 0 spiro atoms. The van der Waals surface area contributed by atoms with E-state index in [0.29, 0.717) is 18.9 Å². The Morgan fingerprint density at radius 2 is 2.08 bits per heavy atom. The highest BCUT2D eigenvalue weighted by Crippen LogP contribution is 2.35. The van der Waals surface area contributed by atoms with Gasteiger partial charge in [0.05, 0.1) is 6.61 Å². The van der Waals surface area contributed by atoms with E-state index in [4.69, 9.17) is 14.2 Å². The monoisotopic (exact) mass is 355 g/mol. The quantitative estimate of drug-likeness (QED) is 0.826. The molecule has 5 heteroatoms. The van der Waals surface area contributed by atoms with E-state index in [1.54, 1.807) is 6.92 Å². The van der Waals surface area contributed by atoms with Crippen molar-refractivity contribution >= 4 is 5.91 Å². The third kappa shape index (κ3) is 4.28. The van der Waals surface area contributed by atoms with E-state index in [-0.39, 0.29) is 12.0 Å². The van der Waals surface area contributed by atoms with Gasteiger partial charge in [0.2, 0.25) is 0 Å². The zero-order chi connectivity index (χ0) is 18.5. The van der Waals surface area contributed by atoms with E-state index >= 15 is 0 Å².